The van der Waals surface area contributed by atoms with E-state index in [-0.39, 0.29) is 18.1 Å². The Balaban J connectivity index is 1.42. The Hall–Kier alpha value is -3.55. The van der Waals surface area contributed by atoms with Gasteiger partial charge in [-0.15, -0.1) is 0 Å². The third-order valence-electron chi connectivity index (χ3n) is 5.24. The average Bonchev–Trinajstić information content (AvgIpc) is 3.17. The van der Waals surface area contributed by atoms with Gasteiger partial charge >= 0.3 is 12.1 Å². The molecule has 8 heteroatoms. The van der Waals surface area contributed by atoms with E-state index in [9.17, 15) is 9.59 Å². The number of rotatable bonds is 4. The van der Waals surface area contributed by atoms with Crippen LogP contribution in [0.4, 0.5) is 15.4 Å². The standard InChI is InChI=1S/C22H25N5O3/c1-23-22(29)27-12-10-15-13-17(7-8-19(15)27)30-18-9-11-24-20(14-18)26-21(28)25-16-5-3-2-4-6-16/h7-14,16H,2-6H2,1H3,(H,23,29)(H2,24,25,26,28). The number of anilines is 1. The highest BCUT2D eigenvalue weighted by molar-refractivity contribution is 5.92. The molecule has 4 rings (SSSR count). The zero-order valence-electron chi connectivity index (χ0n) is 16.9. The molecular formula is C22H25N5O3. The van der Waals surface area contributed by atoms with Crippen LogP contribution in [0.3, 0.4) is 0 Å². The predicted molar refractivity (Wildman–Crippen MR) is 115 cm³/mol. The third-order valence-corrected chi connectivity index (χ3v) is 5.24. The number of carbonyl (C=O) groups is 2. The maximum absolute atomic E-state index is 12.2. The van der Waals surface area contributed by atoms with Gasteiger partial charge in [0.05, 0.1) is 5.52 Å². The van der Waals surface area contributed by atoms with Gasteiger partial charge in [0.1, 0.15) is 17.3 Å². The van der Waals surface area contributed by atoms with Crippen LogP contribution in [0.5, 0.6) is 11.5 Å². The number of ether oxygens (including phenoxy) is 1. The maximum Gasteiger partial charge on any atom is 0.325 e. The van der Waals surface area contributed by atoms with Crippen molar-refractivity contribution < 1.29 is 14.3 Å². The van der Waals surface area contributed by atoms with Crippen LogP contribution in [0.2, 0.25) is 0 Å². The Labute approximate surface area is 174 Å². The minimum absolute atomic E-state index is 0.199. The molecule has 2 aromatic heterocycles. The van der Waals surface area contributed by atoms with Gasteiger partial charge in [0.15, 0.2) is 0 Å². The molecule has 156 valence electrons. The molecule has 1 saturated carbocycles. The van der Waals surface area contributed by atoms with Crippen molar-refractivity contribution in [1.82, 2.24) is 20.2 Å². The molecular weight excluding hydrogens is 382 g/mol. The van der Waals surface area contributed by atoms with E-state index in [1.54, 1.807) is 42.2 Å². The summed E-state index contributed by atoms with van der Waals surface area (Å²) in [6.45, 7) is 0. The topological polar surface area (TPSA) is 97.3 Å². The molecule has 0 spiro atoms. The van der Waals surface area contributed by atoms with Crippen LogP contribution in [0.1, 0.15) is 32.1 Å². The Morgan fingerprint density at radius 1 is 1.07 bits per heavy atom. The van der Waals surface area contributed by atoms with Crippen LogP contribution in [0, 0.1) is 0 Å². The summed E-state index contributed by atoms with van der Waals surface area (Å²) in [7, 11) is 1.59. The van der Waals surface area contributed by atoms with E-state index in [4.69, 9.17) is 4.74 Å². The van der Waals surface area contributed by atoms with E-state index in [2.05, 4.69) is 20.9 Å². The second-order valence-electron chi connectivity index (χ2n) is 7.37. The lowest BCUT2D eigenvalue weighted by atomic mass is 9.96. The van der Waals surface area contributed by atoms with Crippen LogP contribution in [-0.4, -0.2) is 34.7 Å². The van der Waals surface area contributed by atoms with Crippen LogP contribution in [-0.2, 0) is 0 Å². The SMILES string of the molecule is CNC(=O)n1ccc2cc(Oc3ccnc(NC(=O)NC4CCCCC4)c3)ccc21. The van der Waals surface area contributed by atoms with Gasteiger partial charge in [-0.1, -0.05) is 19.3 Å². The van der Waals surface area contributed by atoms with Gasteiger partial charge in [-0.05, 0) is 43.2 Å². The van der Waals surface area contributed by atoms with E-state index in [0.29, 0.717) is 17.3 Å². The average molecular weight is 407 g/mol. The minimum Gasteiger partial charge on any atom is -0.457 e. The zero-order chi connectivity index (χ0) is 20.9. The normalized spacial score (nSPS) is 14.3. The molecule has 3 N–H and O–H groups in total. The lowest BCUT2D eigenvalue weighted by Gasteiger charge is -2.22. The summed E-state index contributed by atoms with van der Waals surface area (Å²) in [5, 5.41) is 9.28. The molecule has 3 amide bonds. The number of aromatic nitrogens is 2. The Kier molecular flexibility index (Phi) is 5.83. The number of pyridine rings is 1. The molecule has 0 unspecified atom stereocenters. The van der Waals surface area contributed by atoms with E-state index in [0.717, 1.165) is 36.6 Å². The lowest BCUT2D eigenvalue weighted by molar-refractivity contribution is 0.243. The van der Waals surface area contributed by atoms with Gasteiger partial charge in [-0.25, -0.2) is 14.6 Å². The predicted octanol–water partition coefficient (Wildman–Crippen LogP) is 4.47. The van der Waals surface area contributed by atoms with Gasteiger partial charge in [0.25, 0.3) is 0 Å². The first-order valence-electron chi connectivity index (χ1n) is 10.2. The van der Waals surface area contributed by atoms with Crippen molar-refractivity contribution in [2.75, 3.05) is 12.4 Å². The van der Waals surface area contributed by atoms with Crippen molar-refractivity contribution in [1.29, 1.82) is 0 Å². The fraction of sp³-hybridized carbons (Fsp3) is 0.318. The summed E-state index contributed by atoms with van der Waals surface area (Å²) in [4.78, 5) is 28.3. The molecule has 3 aromatic rings. The van der Waals surface area contributed by atoms with Crippen LogP contribution in [0.15, 0.2) is 48.8 Å². The minimum atomic E-state index is -0.247. The number of hydrogen-bond acceptors (Lipinski definition) is 4. The van der Waals surface area contributed by atoms with Crippen LogP contribution in [0.25, 0.3) is 10.9 Å². The number of urea groups is 1. The highest BCUT2D eigenvalue weighted by atomic mass is 16.5. The lowest BCUT2D eigenvalue weighted by Crippen LogP contribution is -2.39. The second kappa shape index (κ2) is 8.86. The largest absolute Gasteiger partial charge is 0.457 e. The van der Waals surface area contributed by atoms with Crippen molar-refractivity contribution >= 4 is 28.8 Å². The van der Waals surface area contributed by atoms with Gasteiger partial charge in [0.2, 0.25) is 0 Å². The summed E-state index contributed by atoms with van der Waals surface area (Å²) in [5.74, 6) is 1.61. The maximum atomic E-state index is 12.2. The molecule has 1 aliphatic carbocycles. The number of fused-ring (bicyclic) bond motifs is 1. The molecule has 0 aliphatic heterocycles. The molecule has 0 saturated heterocycles. The number of hydrogen-bond donors (Lipinski definition) is 3. The molecule has 1 fully saturated rings. The second-order valence-corrected chi connectivity index (χ2v) is 7.37. The van der Waals surface area contributed by atoms with Gasteiger partial charge < -0.3 is 15.4 Å². The smallest absolute Gasteiger partial charge is 0.325 e. The Bertz CT molecular complexity index is 1060. The monoisotopic (exact) mass is 407 g/mol. The molecule has 0 bridgehead atoms. The van der Waals surface area contributed by atoms with E-state index in [1.165, 1.54) is 6.42 Å². The third kappa shape index (κ3) is 4.53. The summed E-state index contributed by atoms with van der Waals surface area (Å²) >= 11 is 0. The summed E-state index contributed by atoms with van der Waals surface area (Å²) in [6, 6.07) is 10.5. The number of nitrogens with one attached hydrogen (secondary N) is 3. The number of amides is 3. The van der Waals surface area contributed by atoms with E-state index >= 15 is 0 Å². The van der Waals surface area contributed by atoms with Crippen molar-refractivity contribution in [2.24, 2.45) is 0 Å². The Morgan fingerprint density at radius 2 is 1.87 bits per heavy atom. The quantitative estimate of drug-likeness (QED) is 0.594. The molecule has 30 heavy (non-hydrogen) atoms. The molecule has 2 heterocycles. The van der Waals surface area contributed by atoms with E-state index in [1.807, 2.05) is 18.2 Å². The fourth-order valence-corrected chi connectivity index (χ4v) is 3.75. The number of carbonyl (C=O) groups excluding carboxylic acids is 2. The highest BCUT2D eigenvalue weighted by Crippen LogP contribution is 2.27. The van der Waals surface area contributed by atoms with Crippen LogP contribution < -0.4 is 20.7 Å². The molecule has 8 nitrogen and oxygen atoms in total. The van der Waals surface area contributed by atoms with Crippen LogP contribution >= 0.6 is 0 Å². The highest BCUT2D eigenvalue weighted by Gasteiger charge is 2.16. The molecule has 0 radical (unpaired) electrons. The first-order valence-corrected chi connectivity index (χ1v) is 10.2. The van der Waals surface area contributed by atoms with Gasteiger partial charge in [-0.3, -0.25) is 9.88 Å². The molecule has 0 atom stereocenters. The van der Waals surface area contributed by atoms with Crippen molar-refractivity contribution in [3.63, 3.8) is 0 Å². The summed E-state index contributed by atoms with van der Waals surface area (Å²) < 4.78 is 7.47. The number of benzene rings is 1. The van der Waals surface area contributed by atoms with Crippen molar-refractivity contribution in [2.45, 2.75) is 38.1 Å². The number of nitrogens with zero attached hydrogens (tertiary/aromatic N) is 2. The van der Waals surface area contributed by atoms with Crippen molar-refractivity contribution in [3.8, 4) is 11.5 Å². The first kappa shape index (κ1) is 19.8. The first-order chi connectivity index (χ1) is 14.6. The summed E-state index contributed by atoms with van der Waals surface area (Å²) in [6.07, 6.45) is 8.90. The summed E-state index contributed by atoms with van der Waals surface area (Å²) in [5.41, 5.74) is 0.790. The van der Waals surface area contributed by atoms with E-state index < -0.39 is 0 Å². The van der Waals surface area contributed by atoms with Crippen molar-refractivity contribution in [3.05, 3.63) is 48.8 Å². The molecule has 1 aliphatic rings. The van der Waals surface area contributed by atoms with Gasteiger partial charge in [-0.2, -0.15) is 0 Å². The Morgan fingerprint density at radius 3 is 2.67 bits per heavy atom. The fourth-order valence-electron chi connectivity index (χ4n) is 3.75. The molecule has 1 aromatic carbocycles. The zero-order valence-corrected chi connectivity index (χ0v) is 16.9. The van der Waals surface area contributed by atoms with Gasteiger partial charge in [0, 0.05) is 36.9 Å².